The van der Waals surface area contributed by atoms with Gasteiger partial charge in [0.25, 0.3) is 0 Å². The summed E-state index contributed by atoms with van der Waals surface area (Å²) in [5.41, 5.74) is 9.02. The van der Waals surface area contributed by atoms with Crippen molar-refractivity contribution in [2.24, 2.45) is 0 Å². The van der Waals surface area contributed by atoms with Crippen LogP contribution in [0.3, 0.4) is 0 Å². The van der Waals surface area contributed by atoms with Crippen molar-refractivity contribution < 1.29 is 4.74 Å². The minimum absolute atomic E-state index is 0.0328. The third kappa shape index (κ3) is 4.60. The van der Waals surface area contributed by atoms with E-state index in [1.807, 2.05) is 48.3 Å². The molecular formula is C32H37N5O. The van der Waals surface area contributed by atoms with Crippen molar-refractivity contribution in [3.8, 4) is 17.2 Å². The number of hydrogen-bond acceptors (Lipinski definition) is 4. The molecule has 196 valence electrons. The Bertz CT molecular complexity index is 1650. The highest BCUT2D eigenvalue weighted by Crippen LogP contribution is 2.38. The van der Waals surface area contributed by atoms with Gasteiger partial charge in [0.1, 0.15) is 17.1 Å². The second-order valence-corrected chi connectivity index (χ2v) is 11.8. The third-order valence-corrected chi connectivity index (χ3v) is 7.42. The molecule has 0 radical (unpaired) electrons. The maximum atomic E-state index is 6.50. The number of nitrogens with zero attached hydrogens (tertiary/aromatic N) is 5. The first-order valence-corrected chi connectivity index (χ1v) is 13.1. The number of pyridine rings is 2. The van der Waals surface area contributed by atoms with Gasteiger partial charge in [-0.15, -0.1) is 0 Å². The van der Waals surface area contributed by atoms with E-state index >= 15 is 0 Å². The largest absolute Gasteiger partial charge is 0.456 e. The van der Waals surface area contributed by atoms with Crippen LogP contribution in [0.2, 0.25) is 0 Å². The molecule has 0 aliphatic carbocycles. The zero-order valence-electron chi connectivity index (χ0n) is 23.9. The Morgan fingerprint density at radius 2 is 1.61 bits per heavy atom. The van der Waals surface area contributed by atoms with E-state index in [0.29, 0.717) is 0 Å². The minimum atomic E-state index is -0.405. The molecule has 0 atom stereocenters. The maximum Gasteiger partial charge on any atom is 0.144 e. The summed E-state index contributed by atoms with van der Waals surface area (Å²) in [6.07, 6.45) is 3.95. The van der Waals surface area contributed by atoms with Gasteiger partial charge in [-0.3, -0.25) is 4.98 Å². The third-order valence-electron chi connectivity index (χ3n) is 7.42. The molecule has 5 aromatic rings. The van der Waals surface area contributed by atoms with Crippen LogP contribution in [0.4, 0.5) is 0 Å². The number of aryl methyl sites for hydroxylation is 4. The van der Waals surface area contributed by atoms with Crippen LogP contribution in [0.1, 0.15) is 74.2 Å². The molecule has 0 saturated carbocycles. The number of aromatic nitrogens is 5. The molecule has 0 unspecified atom stereocenters. The lowest BCUT2D eigenvalue weighted by Crippen LogP contribution is -2.23. The summed E-state index contributed by atoms with van der Waals surface area (Å²) in [5, 5.41) is 4.63. The Morgan fingerprint density at radius 1 is 0.842 bits per heavy atom. The second kappa shape index (κ2) is 9.12. The average Bonchev–Trinajstić information content (AvgIpc) is 3.35. The molecule has 0 fully saturated rings. The molecule has 0 aliphatic heterocycles. The fourth-order valence-electron chi connectivity index (χ4n) is 4.94. The van der Waals surface area contributed by atoms with Crippen molar-refractivity contribution >= 4 is 5.65 Å². The number of imidazole rings is 1. The van der Waals surface area contributed by atoms with E-state index < -0.39 is 5.41 Å². The summed E-state index contributed by atoms with van der Waals surface area (Å²) in [5.74, 6) is 1.50. The predicted molar refractivity (Wildman–Crippen MR) is 153 cm³/mol. The molecular weight excluding hydrogens is 470 g/mol. The number of rotatable bonds is 5. The molecule has 0 saturated heterocycles. The quantitative estimate of drug-likeness (QED) is 0.246. The molecule has 4 heterocycles. The summed E-state index contributed by atoms with van der Waals surface area (Å²) < 4.78 is 10.6. The van der Waals surface area contributed by atoms with Crippen molar-refractivity contribution in [2.75, 3.05) is 0 Å². The number of hydrogen-bond donors (Lipinski definition) is 0. The Morgan fingerprint density at radius 3 is 2.29 bits per heavy atom. The maximum absolute atomic E-state index is 6.50. The topological polar surface area (TPSA) is 57.2 Å². The molecule has 0 spiro atoms. The van der Waals surface area contributed by atoms with Crippen LogP contribution in [0.5, 0.6) is 11.5 Å². The zero-order valence-corrected chi connectivity index (χ0v) is 23.9. The van der Waals surface area contributed by atoms with Gasteiger partial charge < -0.3 is 9.14 Å². The van der Waals surface area contributed by atoms with Gasteiger partial charge in [-0.05, 0) is 75.1 Å². The highest BCUT2D eigenvalue weighted by atomic mass is 16.5. The smallest absolute Gasteiger partial charge is 0.144 e. The monoisotopic (exact) mass is 507 g/mol. The first-order chi connectivity index (χ1) is 17.8. The highest BCUT2D eigenvalue weighted by molar-refractivity contribution is 5.59. The molecule has 0 bridgehead atoms. The molecule has 6 heteroatoms. The van der Waals surface area contributed by atoms with Gasteiger partial charge in [0.05, 0.1) is 29.0 Å². The van der Waals surface area contributed by atoms with Gasteiger partial charge in [-0.25, -0.2) is 9.67 Å². The van der Waals surface area contributed by atoms with Crippen LogP contribution in [0.15, 0.2) is 60.9 Å². The van der Waals surface area contributed by atoms with E-state index in [4.69, 9.17) is 14.7 Å². The van der Waals surface area contributed by atoms with Gasteiger partial charge in [-0.2, -0.15) is 5.10 Å². The van der Waals surface area contributed by atoms with E-state index in [1.165, 1.54) is 5.56 Å². The highest BCUT2D eigenvalue weighted by Gasteiger charge is 2.31. The van der Waals surface area contributed by atoms with Crippen LogP contribution in [-0.4, -0.2) is 24.1 Å². The Hall–Kier alpha value is -3.93. The normalized spacial score (nSPS) is 12.3. The molecule has 5 rings (SSSR count). The van der Waals surface area contributed by atoms with Crippen molar-refractivity contribution in [3.05, 3.63) is 101 Å². The molecule has 4 aromatic heterocycles. The summed E-state index contributed by atoms with van der Waals surface area (Å²) >= 11 is 0. The SMILES string of the molecule is Cc1cc(C)n(-c2cccc(Oc3cc(C(C)(C)c4cc(C(C)(C)C)ccn4)c4nc(C)c(C)n4c3)c2)n1. The fourth-order valence-corrected chi connectivity index (χ4v) is 4.94. The lowest BCUT2D eigenvalue weighted by Gasteiger charge is -2.28. The Kier molecular flexibility index (Phi) is 6.17. The number of fused-ring (bicyclic) bond motifs is 1. The van der Waals surface area contributed by atoms with Crippen molar-refractivity contribution in [1.82, 2.24) is 24.1 Å². The summed E-state index contributed by atoms with van der Waals surface area (Å²) in [7, 11) is 0. The first kappa shape index (κ1) is 25.7. The summed E-state index contributed by atoms with van der Waals surface area (Å²) in [6.45, 7) is 19.3. The molecule has 38 heavy (non-hydrogen) atoms. The predicted octanol–water partition coefficient (Wildman–Crippen LogP) is 7.56. The summed E-state index contributed by atoms with van der Waals surface area (Å²) in [6, 6.07) is 16.6. The van der Waals surface area contributed by atoms with Crippen LogP contribution < -0.4 is 4.74 Å². The fraction of sp³-hybridized carbons (Fsp3) is 0.344. The molecule has 1 aromatic carbocycles. The van der Waals surface area contributed by atoms with Gasteiger partial charge in [0.2, 0.25) is 0 Å². The lowest BCUT2D eigenvalue weighted by molar-refractivity contribution is 0.475. The first-order valence-electron chi connectivity index (χ1n) is 13.1. The zero-order chi connectivity index (χ0) is 27.4. The minimum Gasteiger partial charge on any atom is -0.456 e. The van der Waals surface area contributed by atoms with E-state index in [9.17, 15) is 0 Å². The van der Waals surface area contributed by atoms with Gasteiger partial charge in [-0.1, -0.05) is 40.7 Å². The van der Waals surface area contributed by atoms with Crippen molar-refractivity contribution in [3.63, 3.8) is 0 Å². The van der Waals surface area contributed by atoms with Crippen molar-refractivity contribution in [1.29, 1.82) is 0 Å². The van der Waals surface area contributed by atoms with E-state index in [1.54, 1.807) is 0 Å². The molecule has 0 N–H and O–H groups in total. The molecule has 0 aliphatic rings. The van der Waals surface area contributed by atoms with E-state index in [0.717, 1.165) is 56.9 Å². The van der Waals surface area contributed by atoms with Crippen LogP contribution in [-0.2, 0) is 10.8 Å². The lowest BCUT2D eigenvalue weighted by atomic mass is 9.79. The second-order valence-electron chi connectivity index (χ2n) is 11.8. The molecule has 6 nitrogen and oxygen atoms in total. The van der Waals surface area contributed by atoms with Gasteiger partial charge >= 0.3 is 0 Å². The Balaban J connectivity index is 1.61. The van der Waals surface area contributed by atoms with Crippen molar-refractivity contribution in [2.45, 2.75) is 73.1 Å². The molecule has 0 amide bonds. The van der Waals surface area contributed by atoms with Gasteiger partial charge in [0.15, 0.2) is 0 Å². The van der Waals surface area contributed by atoms with E-state index in [-0.39, 0.29) is 5.41 Å². The van der Waals surface area contributed by atoms with Crippen LogP contribution >= 0.6 is 0 Å². The number of ether oxygens (including phenoxy) is 1. The van der Waals surface area contributed by atoms with Crippen LogP contribution in [0, 0.1) is 27.7 Å². The van der Waals surface area contributed by atoms with E-state index in [2.05, 4.69) is 89.2 Å². The average molecular weight is 508 g/mol. The Labute approximate surface area is 225 Å². The van der Waals surface area contributed by atoms with Gasteiger partial charge in [0, 0.05) is 34.6 Å². The standard InChI is InChI=1S/C32H37N5O/c1-20-15-21(2)37(35-20)25-11-10-12-26(17-25)38-27-18-28(30-34-22(3)23(4)36(30)19-27)32(8,9)29-16-24(13-14-33-29)31(5,6)7/h10-19H,1-9H3. The number of benzene rings is 1. The van der Waals surface area contributed by atoms with Crippen LogP contribution in [0.25, 0.3) is 11.3 Å². The summed E-state index contributed by atoms with van der Waals surface area (Å²) in [4.78, 5) is 9.78.